The van der Waals surface area contributed by atoms with Crippen LogP contribution in [-0.2, 0) is 20.4 Å². The van der Waals surface area contributed by atoms with Crippen LogP contribution in [0.1, 0.15) is 49.4 Å². The molecule has 4 aromatic rings. The normalized spacial score (nSPS) is 25.6. The molecule has 0 bridgehead atoms. The number of amides is 2. The van der Waals surface area contributed by atoms with Gasteiger partial charge < -0.3 is 10.6 Å². The van der Waals surface area contributed by atoms with Crippen LogP contribution in [0.2, 0.25) is 0 Å². The SMILES string of the molecule is Cc1ccc(C(=O)[C@H]2C[C@H](C(=O)c3ccc(C)cc3)[C@]3(C(=O)Nc4ccccc43)[C@]23C(=O)Nc2ccccc23)cc1. The minimum atomic E-state index is -1.65. The molecule has 0 unspecified atom stereocenters. The van der Waals surface area contributed by atoms with Crippen LogP contribution >= 0.6 is 0 Å². The van der Waals surface area contributed by atoms with E-state index in [2.05, 4.69) is 10.6 Å². The smallest absolute Gasteiger partial charge is 0.237 e. The number of aryl methyl sites for hydroxylation is 2. The predicted octanol–water partition coefficient (Wildman–Crippen LogP) is 5.79. The number of para-hydroxylation sites is 2. The van der Waals surface area contributed by atoms with Crippen LogP contribution in [0, 0.1) is 25.7 Å². The Kier molecular flexibility index (Phi) is 5.42. The standard InChI is InChI=1S/C35H28N2O4/c1-20-11-15-22(16-12-20)30(38)26-19-27(31(39)23-17-13-21(2)14-18-23)35(25-8-4-6-10-29(25)37-33(35)41)34(26)24-7-3-5-9-28(24)36-32(34)40/h3-18,26-27H,19H2,1-2H3,(H,36,40)(H,37,41)/t26-,27-,34-,35+/m1/s1. The van der Waals surface area contributed by atoms with Gasteiger partial charge in [0, 0.05) is 34.3 Å². The van der Waals surface area contributed by atoms with Gasteiger partial charge in [0.1, 0.15) is 10.8 Å². The van der Waals surface area contributed by atoms with E-state index in [4.69, 9.17) is 0 Å². The van der Waals surface area contributed by atoms with Gasteiger partial charge in [-0.1, -0.05) is 96.1 Å². The molecular formula is C35H28N2O4. The number of Topliss-reactive ketones (excluding diaryl/α,β-unsaturated/α-hetero) is 2. The Morgan fingerprint density at radius 3 is 1.34 bits per heavy atom. The van der Waals surface area contributed by atoms with Crippen molar-refractivity contribution >= 4 is 34.8 Å². The van der Waals surface area contributed by atoms with E-state index >= 15 is 0 Å². The average molecular weight is 541 g/mol. The molecular weight excluding hydrogens is 512 g/mol. The number of carbonyl (C=O) groups excluding carboxylic acids is 4. The highest BCUT2D eigenvalue weighted by Crippen LogP contribution is 2.68. The summed E-state index contributed by atoms with van der Waals surface area (Å²) in [5.74, 6) is -3.32. The summed E-state index contributed by atoms with van der Waals surface area (Å²) in [4.78, 5) is 58.3. The Morgan fingerprint density at radius 2 is 0.951 bits per heavy atom. The van der Waals surface area contributed by atoms with E-state index in [1.54, 1.807) is 36.4 Å². The van der Waals surface area contributed by atoms with E-state index in [0.29, 0.717) is 33.6 Å². The van der Waals surface area contributed by atoms with E-state index in [0.717, 1.165) is 11.1 Å². The summed E-state index contributed by atoms with van der Waals surface area (Å²) in [5, 5.41) is 6.00. The number of fused-ring (bicyclic) bond motifs is 5. The molecule has 41 heavy (non-hydrogen) atoms. The zero-order chi connectivity index (χ0) is 28.5. The highest BCUT2D eigenvalue weighted by Gasteiger charge is 2.79. The minimum absolute atomic E-state index is 0.0446. The number of carbonyl (C=O) groups is 4. The molecule has 2 heterocycles. The summed E-state index contributed by atoms with van der Waals surface area (Å²) in [6.07, 6.45) is 0.0446. The maximum Gasteiger partial charge on any atom is 0.237 e. The second-order valence-corrected chi connectivity index (χ2v) is 11.4. The molecule has 2 amide bonds. The van der Waals surface area contributed by atoms with E-state index in [9.17, 15) is 19.2 Å². The van der Waals surface area contributed by atoms with Gasteiger partial charge in [-0.25, -0.2) is 0 Å². The molecule has 7 rings (SSSR count). The van der Waals surface area contributed by atoms with Crippen LogP contribution in [0.4, 0.5) is 11.4 Å². The molecule has 1 fully saturated rings. The lowest BCUT2D eigenvalue weighted by Gasteiger charge is -2.42. The third kappa shape index (κ3) is 3.19. The van der Waals surface area contributed by atoms with E-state index < -0.39 is 34.5 Å². The number of ketones is 2. The van der Waals surface area contributed by atoms with Crippen molar-refractivity contribution < 1.29 is 19.2 Å². The van der Waals surface area contributed by atoms with Gasteiger partial charge in [0.25, 0.3) is 0 Å². The molecule has 4 aromatic carbocycles. The van der Waals surface area contributed by atoms with Crippen LogP contribution < -0.4 is 10.6 Å². The molecule has 0 radical (unpaired) electrons. The highest BCUT2D eigenvalue weighted by molar-refractivity contribution is 6.23. The summed E-state index contributed by atoms with van der Waals surface area (Å²) in [7, 11) is 0. The first-order chi connectivity index (χ1) is 19.8. The fraction of sp³-hybridized carbons (Fsp3) is 0.200. The van der Waals surface area contributed by atoms with Crippen molar-refractivity contribution in [3.63, 3.8) is 0 Å². The molecule has 2 aliphatic heterocycles. The van der Waals surface area contributed by atoms with Crippen molar-refractivity contribution in [2.24, 2.45) is 11.8 Å². The highest BCUT2D eigenvalue weighted by atomic mass is 16.2. The van der Waals surface area contributed by atoms with Crippen molar-refractivity contribution in [2.75, 3.05) is 10.6 Å². The van der Waals surface area contributed by atoms with Gasteiger partial charge in [0.05, 0.1) is 0 Å². The quantitative estimate of drug-likeness (QED) is 0.321. The van der Waals surface area contributed by atoms with Crippen LogP contribution in [-0.4, -0.2) is 23.4 Å². The number of hydrogen-bond acceptors (Lipinski definition) is 4. The van der Waals surface area contributed by atoms with Gasteiger partial charge in [0.2, 0.25) is 11.8 Å². The molecule has 2 spiro atoms. The lowest BCUT2D eigenvalue weighted by atomic mass is 9.53. The Morgan fingerprint density at radius 1 is 0.585 bits per heavy atom. The minimum Gasteiger partial charge on any atom is -0.325 e. The van der Waals surface area contributed by atoms with Crippen molar-refractivity contribution in [3.05, 3.63) is 130 Å². The Hall–Kier alpha value is -4.84. The summed E-state index contributed by atoms with van der Waals surface area (Å²) in [6.45, 7) is 3.88. The fourth-order valence-corrected chi connectivity index (χ4v) is 7.62. The van der Waals surface area contributed by atoms with Crippen LogP contribution in [0.15, 0.2) is 97.1 Å². The van der Waals surface area contributed by atoms with Gasteiger partial charge in [-0.2, -0.15) is 0 Å². The van der Waals surface area contributed by atoms with Gasteiger partial charge in [0.15, 0.2) is 11.6 Å². The summed E-state index contributed by atoms with van der Waals surface area (Å²) < 4.78 is 0. The Balaban J connectivity index is 1.56. The monoisotopic (exact) mass is 540 g/mol. The largest absolute Gasteiger partial charge is 0.325 e. The van der Waals surface area contributed by atoms with Crippen molar-refractivity contribution in [3.8, 4) is 0 Å². The lowest BCUT2D eigenvalue weighted by Crippen LogP contribution is -2.60. The summed E-state index contributed by atoms with van der Waals surface area (Å²) in [6, 6.07) is 28.9. The van der Waals surface area contributed by atoms with E-state index in [1.165, 1.54) is 0 Å². The number of nitrogens with one attached hydrogen (secondary N) is 2. The van der Waals surface area contributed by atoms with Crippen LogP contribution in [0.25, 0.3) is 0 Å². The maximum absolute atomic E-state index is 14.6. The van der Waals surface area contributed by atoms with Crippen molar-refractivity contribution in [1.29, 1.82) is 0 Å². The summed E-state index contributed by atoms with van der Waals surface area (Å²) in [5.41, 5.74) is 1.85. The molecule has 3 aliphatic rings. The van der Waals surface area contributed by atoms with Gasteiger partial charge >= 0.3 is 0 Å². The Bertz CT molecular complexity index is 1640. The van der Waals surface area contributed by atoms with Crippen molar-refractivity contribution in [1.82, 2.24) is 0 Å². The number of anilines is 2. The first kappa shape index (κ1) is 25.1. The van der Waals surface area contributed by atoms with Gasteiger partial charge in [-0.3, -0.25) is 19.2 Å². The van der Waals surface area contributed by atoms with Crippen molar-refractivity contribution in [2.45, 2.75) is 31.1 Å². The second-order valence-electron chi connectivity index (χ2n) is 11.4. The molecule has 1 saturated carbocycles. The van der Waals surface area contributed by atoms with Crippen LogP contribution in [0.5, 0.6) is 0 Å². The fourth-order valence-electron chi connectivity index (χ4n) is 7.62. The third-order valence-corrected chi connectivity index (χ3v) is 9.36. The molecule has 0 saturated heterocycles. The van der Waals surface area contributed by atoms with Gasteiger partial charge in [-0.05, 0) is 43.5 Å². The number of hydrogen-bond donors (Lipinski definition) is 2. The Labute approximate surface area is 237 Å². The summed E-state index contributed by atoms with van der Waals surface area (Å²) >= 11 is 0. The molecule has 2 N–H and O–H groups in total. The molecule has 1 aliphatic carbocycles. The number of rotatable bonds is 4. The predicted molar refractivity (Wildman–Crippen MR) is 156 cm³/mol. The first-order valence-electron chi connectivity index (χ1n) is 13.8. The molecule has 6 heteroatoms. The lowest BCUT2D eigenvalue weighted by molar-refractivity contribution is -0.132. The second kappa shape index (κ2) is 8.83. The third-order valence-electron chi connectivity index (χ3n) is 9.36. The first-order valence-corrected chi connectivity index (χ1v) is 13.8. The number of benzene rings is 4. The molecule has 202 valence electrons. The van der Waals surface area contributed by atoms with E-state index in [1.807, 2.05) is 74.5 Å². The average Bonchev–Trinajstić information content (AvgIpc) is 3.58. The van der Waals surface area contributed by atoms with Crippen LogP contribution in [0.3, 0.4) is 0 Å². The zero-order valence-corrected chi connectivity index (χ0v) is 22.7. The van der Waals surface area contributed by atoms with Gasteiger partial charge in [-0.15, -0.1) is 0 Å². The molecule has 4 atom stereocenters. The molecule has 0 aromatic heterocycles. The molecule has 6 nitrogen and oxygen atoms in total. The topological polar surface area (TPSA) is 92.3 Å². The van der Waals surface area contributed by atoms with E-state index in [-0.39, 0.29) is 18.0 Å². The maximum atomic E-state index is 14.6. The zero-order valence-electron chi connectivity index (χ0n) is 22.7.